The Hall–Kier alpha value is -1.27. The van der Waals surface area contributed by atoms with E-state index in [0.29, 0.717) is 0 Å². The Morgan fingerprint density at radius 1 is 0.189 bits per heavy atom. The quantitative estimate of drug-likeness (QED) is 0.163. The van der Waals surface area contributed by atoms with Crippen LogP contribution in [0.3, 0.4) is 0 Å². The van der Waals surface area contributed by atoms with Gasteiger partial charge in [0.15, 0.2) is 0 Å². The molecule has 0 aliphatic heterocycles. The summed E-state index contributed by atoms with van der Waals surface area (Å²) in [6.07, 6.45) is 0. The van der Waals surface area contributed by atoms with Gasteiger partial charge >= 0.3 is 31.2 Å². The highest BCUT2D eigenvalue weighted by atomic mass is 32.3. The maximum atomic E-state index is 8.74. The molecule has 0 saturated heterocycles. The molecule has 0 aromatic rings. The molecule has 272 valence electrons. The first kappa shape index (κ1) is 374. The van der Waals surface area contributed by atoms with E-state index in [-0.39, 0.29) is 135 Å². The Bertz CT molecular complexity index is 368. The van der Waals surface area contributed by atoms with Gasteiger partial charge in [-0.05, 0) is 0 Å². The molecule has 0 fully saturated rings. The molecule has 37 heavy (non-hydrogen) atoms. The maximum absolute atomic E-state index is 8.74. The molecule has 0 amide bonds. The molecule has 0 saturated carbocycles. The Balaban J connectivity index is -0.00000000196. The van der Waals surface area contributed by atoms with Crippen LogP contribution in [0.4, 0.5) is 0 Å². The molecule has 0 rings (SSSR count). The van der Waals surface area contributed by atoms with Crippen molar-refractivity contribution in [2.45, 2.75) is 0 Å². The van der Waals surface area contributed by atoms with Crippen LogP contribution in [-0.4, -0.2) is 52.6 Å². The monoisotopic (exact) mass is 668 g/mol. The summed E-state index contributed by atoms with van der Waals surface area (Å²) in [6, 6.07) is 0. The van der Waals surface area contributed by atoms with Gasteiger partial charge in [0.25, 0.3) is 0 Å². The molecule has 0 radical (unpaired) electrons. The normalized spacial score (nSPS) is 4.70. The summed E-state index contributed by atoms with van der Waals surface area (Å²) < 4.78 is 94.8. The van der Waals surface area contributed by atoms with Crippen LogP contribution < -0.4 is 135 Å². The van der Waals surface area contributed by atoms with Crippen molar-refractivity contribution in [3.8, 4) is 0 Å². The summed E-state index contributed by atoms with van der Waals surface area (Å²) in [6.45, 7) is 0. The molecule has 0 heterocycles. The third-order valence-corrected chi connectivity index (χ3v) is 0. The molecule has 0 bridgehead atoms. The lowest BCUT2D eigenvalue weighted by molar-refractivity contribution is 0.378. The minimum absolute atomic E-state index is 0. The van der Waals surface area contributed by atoms with Gasteiger partial charge in [0.05, 0.1) is 0 Å². The minimum atomic E-state index is -4.67. The highest BCUT2D eigenvalue weighted by molar-refractivity contribution is 7.80. The van der Waals surface area contributed by atoms with E-state index in [1.807, 2.05) is 0 Å². The lowest BCUT2D eigenvalue weighted by atomic mass is 14.0. The fourth-order valence-corrected chi connectivity index (χ4v) is 0. The van der Waals surface area contributed by atoms with E-state index in [9.17, 15) is 0 Å². The molecule has 0 atom stereocenters. The second kappa shape index (κ2) is 141. The van der Waals surface area contributed by atoms with E-state index in [0.717, 1.165) is 0 Å². The van der Waals surface area contributed by atoms with Crippen molar-refractivity contribution < 1.29 is 52.6 Å². The lowest BCUT2D eigenvalue weighted by Crippen LogP contribution is -1.89. The summed E-state index contributed by atoms with van der Waals surface area (Å²) >= 11 is 0. The van der Waals surface area contributed by atoms with Crippen LogP contribution in [-0.2, 0) is 31.2 Å². The summed E-state index contributed by atoms with van der Waals surface area (Å²) in [5, 5.41) is 0. The zero-order chi connectivity index (χ0) is 13.5. The van der Waals surface area contributed by atoms with Crippen LogP contribution in [0.2, 0.25) is 0 Å². The van der Waals surface area contributed by atoms with Crippen molar-refractivity contribution in [3.63, 3.8) is 0 Å². The smallest absolute Gasteiger partial charge is 0.344 e. The van der Waals surface area contributed by atoms with Crippen LogP contribution in [0.15, 0.2) is 0 Å². The highest BCUT2D eigenvalue weighted by Crippen LogP contribution is 1.60. The summed E-state index contributed by atoms with van der Waals surface area (Å²) in [5.74, 6) is 0. The molecule has 37 heteroatoms. The minimum Gasteiger partial charge on any atom is -0.344 e. The van der Waals surface area contributed by atoms with Gasteiger partial charge in [-0.3, -0.25) is 27.3 Å². The predicted octanol–water partition coefficient (Wildman–Crippen LogP) is 1.61. The molecule has 72 N–H and O–H groups in total. The van der Waals surface area contributed by atoms with Crippen LogP contribution in [0.1, 0.15) is 0 Å². The Kier molecular flexibility index (Phi) is 1430. The third kappa shape index (κ3) is 23100. The molecular weight excluding hydrogens is 596 g/mol. The van der Waals surface area contributed by atoms with E-state index < -0.39 is 31.2 Å². The first-order valence-electron chi connectivity index (χ1n) is 2.10. The van der Waals surface area contributed by atoms with Crippen molar-refractivity contribution >= 4 is 31.2 Å². The third-order valence-electron chi connectivity index (χ3n) is 0. The van der Waals surface area contributed by atoms with Crippen molar-refractivity contribution in [3.05, 3.63) is 0 Å². The van der Waals surface area contributed by atoms with Gasteiger partial charge in [-0.25, -0.2) is 0 Å². The van der Waals surface area contributed by atoms with Gasteiger partial charge in [-0.15, -0.1) is 0 Å². The molecular formula is H72N22O12S3. The van der Waals surface area contributed by atoms with Gasteiger partial charge in [0, 0.05) is 0 Å². The van der Waals surface area contributed by atoms with Crippen molar-refractivity contribution in [2.24, 2.45) is 0 Å². The number of hydrogen-bond donors (Lipinski definition) is 28. The number of rotatable bonds is 0. The van der Waals surface area contributed by atoms with Crippen LogP contribution in [0.5, 0.6) is 0 Å². The SMILES string of the molecule is N.N.N.N.N.N.N.N.N.N.N.N.N.N.N.N.N.N.N.N.N.N.O=S(=O)(O)O.O=S(=O)(O)O.O=S(=O)(O)O. The molecule has 0 aromatic carbocycles. The molecule has 0 aromatic heterocycles. The Morgan fingerprint density at radius 3 is 0.189 bits per heavy atom. The summed E-state index contributed by atoms with van der Waals surface area (Å²) in [7, 11) is -14.0. The number of hydrogen-bond acceptors (Lipinski definition) is 28. The van der Waals surface area contributed by atoms with Gasteiger partial charge in [0.2, 0.25) is 0 Å². The van der Waals surface area contributed by atoms with Crippen LogP contribution >= 0.6 is 0 Å². The topological polar surface area (TPSA) is 994 Å². The molecule has 34 nitrogen and oxygen atoms in total. The zero-order valence-electron chi connectivity index (χ0n) is 21.9. The Labute approximate surface area is 219 Å². The molecule has 0 spiro atoms. The fourth-order valence-electron chi connectivity index (χ4n) is 0. The summed E-state index contributed by atoms with van der Waals surface area (Å²) in [5.41, 5.74) is 0. The zero-order valence-corrected chi connectivity index (χ0v) is 24.4. The fraction of sp³-hybridized carbons (Fsp3) is 0. The predicted molar refractivity (Wildman–Crippen MR) is 153 cm³/mol. The van der Waals surface area contributed by atoms with Gasteiger partial charge < -0.3 is 135 Å². The van der Waals surface area contributed by atoms with E-state index in [1.165, 1.54) is 0 Å². The van der Waals surface area contributed by atoms with Gasteiger partial charge in [0.1, 0.15) is 0 Å². The molecule has 0 unspecified atom stereocenters. The van der Waals surface area contributed by atoms with Crippen molar-refractivity contribution in [2.75, 3.05) is 0 Å². The first-order chi connectivity index (χ1) is 6.00. The van der Waals surface area contributed by atoms with Crippen LogP contribution in [0.25, 0.3) is 0 Å². The second-order valence-electron chi connectivity index (χ2n) is 1.34. The maximum Gasteiger partial charge on any atom is 0.394 e. The summed E-state index contributed by atoms with van der Waals surface area (Å²) in [4.78, 5) is 0. The highest BCUT2D eigenvalue weighted by Gasteiger charge is 1.85. The van der Waals surface area contributed by atoms with E-state index in [1.54, 1.807) is 0 Å². The standard InChI is InChI=1S/22H3N.3H2O4S/c;;;;;;;;;;;;;;;;;;;;;;3*1-5(2,3)4/h22*1H3;3*(H2,1,2,3,4). The average Bonchev–Trinajstić information content (AvgIpc) is 1.41. The van der Waals surface area contributed by atoms with E-state index in [2.05, 4.69) is 0 Å². The van der Waals surface area contributed by atoms with Gasteiger partial charge in [-0.2, -0.15) is 25.3 Å². The lowest BCUT2D eigenvalue weighted by Gasteiger charge is -1.68. The molecule has 0 aliphatic rings. The van der Waals surface area contributed by atoms with Crippen molar-refractivity contribution in [1.82, 2.24) is 135 Å². The van der Waals surface area contributed by atoms with Crippen LogP contribution in [0, 0.1) is 0 Å². The van der Waals surface area contributed by atoms with E-state index in [4.69, 9.17) is 52.6 Å². The van der Waals surface area contributed by atoms with E-state index >= 15 is 0 Å². The average molecular weight is 669 g/mol. The Morgan fingerprint density at radius 2 is 0.189 bits per heavy atom. The second-order valence-corrected chi connectivity index (χ2v) is 4.03. The van der Waals surface area contributed by atoms with Crippen molar-refractivity contribution in [1.29, 1.82) is 0 Å². The first-order valence-corrected chi connectivity index (χ1v) is 6.29. The molecule has 0 aliphatic carbocycles. The largest absolute Gasteiger partial charge is 0.394 e. The van der Waals surface area contributed by atoms with Gasteiger partial charge in [-0.1, -0.05) is 0 Å².